The molecular weight excluding hydrogens is 469 g/mol. The number of benzene rings is 1. The number of anilines is 2. The minimum Gasteiger partial charge on any atom is -0.345 e. The Labute approximate surface area is 192 Å². The van der Waals surface area contributed by atoms with Gasteiger partial charge in [-0.3, -0.25) is 13.8 Å². The van der Waals surface area contributed by atoms with Crippen molar-refractivity contribution in [3.05, 3.63) is 53.4 Å². The maximum atomic E-state index is 15.0. The molecule has 1 saturated carbocycles. The Morgan fingerprint density at radius 1 is 1.30 bits per heavy atom. The molecule has 1 unspecified atom stereocenters. The van der Waals surface area contributed by atoms with E-state index >= 15 is 4.39 Å². The van der Waals surface area contributed by atoms with Crippen LogP contribution in [-0.2, 0) is 9.74 Å². The fraction of sp³-hybridized carbons (Fsp3) is 0.318. The number of thiol groups is 1. The predicted octanol–water partition coefficient (Wildman–Crippen LogP) is 4.62. The number of H-pyrrole nitrogens is 1. The van der Waals surface area contributed by atoms with Gasteiger partial charge in [-0.05, 0) is 55.6 Å². The third-order valence-electron chi connectivity index (χ3n) is 5.71. The number of halogens is 2. The topological polar surface area (TPSA) is 104 Å². The smallest absolute Gasteiger partial charge is 0.261 e. The number of hydrogen-bond acceptors (Lipinski definition) is 4. The highest BCUT2D eigenvalue weighted by atomic mass is 32.8. The normalized spacial score (nSPS) is 14.7. The van der Waals surface area contributed by atoms with Crippen LogP contribution < -0.4 is 10.0 Å². The van der Waals surface area contributed by atoms with Crippen molar-refractivity contribution >= 4 is 52.3 Å². The minimum atomic E-state index is -2.99. The summed E-state index contributed by atoms with van der Waals surface area (Å²) in [5, 5.41) is 2.98. The van der Waals surface area contributed by atoms with E-state index in [2.05, 4.69) is 28.4 Å². The van der Waals surface area contributed by atoms with E-state index in [1.54, 1.807) is 12.3 Å². The number of nitrogens with one attached hydrogen (secondary N) is 3. The lowest BCUT2D eigenvalue weighted by atomic mass is 9.80. The van der Waals surface area contributed by atoms with Crippen LogP contribution in [0.2, 0.25) is 0 Å². The summed E-state index contributed by atoms with van der Waals surface area (Å²) in [5.41, 5.74) is 0.123. The number of Topliss-reactive ketones (excluding diaryl/α,β-unsaturated/α-hetero) is 1. The van der Waals surface area contributed by atoms with Crippen LogP contribution in [-0.4, -0.2) is 31.6 Å². The van der Waals surface area contributed by atoms with Gasteiger partial charge in [-0.2, -0.15) is 0 Å². The SMILES string of the molecule is CCC[SH](=O)(P)Nc1ccc(F)c(C(=O)Nc2cnc3[nH]cc(C(=O)C4CCC4)c3c2)c1F. The molecule has 3 N–H and O–H groups in total. The Bertz CT molecular complexity index is 1290. The first-order valence-corrected chi connectivity index (χ1v) is 14.2. The first-order valence-electron chi connectivity index (χ1n) is 10.7. The van der Waals surface area contributed by atoms with Crippen molar-refractivity contribution in [3.8, 4) is 0 Å². The number of fused-ring (bicyclic) bond motifs is 1. The minimum absolute atomic E-state index is 0.0129. The molecule has 0 radical (unpaired) electrons. The Balaban J connectivity index is 1.61. The molecule has 2 heterocycles. The van der Waals surface area contributed by atoms with Crippen LogP contribution in [0.4, 0.5) is 20.2 Å². The highest BCUT2D eigenvalue weighted by Crippen LogP contribution is 2.33. The van der Waals surface area contributed by atoms with Crippen LogP contribution in [0.3, 0.4) is 0 Å². The second-order valence-corrected chi connectivity index (χ2v) is 12.9. The number of carbonyl (C=O) groups excluding carboxylic acids is 2. The molecule has 33 heavy (non-hydrogen) atoms. The van der Waals surface area contributed by atoms with Crippen LogP contribution in [0.15, 0.2) is 30.6 Å². The van der Waals surface area contributed by atoms with E-state index in [9.17, 15) is 18.2 Å². The Hall–Kier alpha value is -2.71. The molecule has 1 atom stereocenters. The molecule has 3 aromatic rings. The van der Waals surface area contributed by atoms with E-state index in [0.717, 1.165) is 31.4 Å². The van der Waals surface area contributed by atoms with Gasteiger partial charge >= 0.3 is 0 Å². The van der Waals surface area contributed by atoms with E-state index in [0.29, 0.717) is 28.8 Å². The van der Waals surface area contributed by atoms with Crippen LogP contribution in [0.5, 0.6) is 0 Å². The molecule has 11 heteroatoms. The summed E-state index contributed by atoms with van der Waals surface area (Å²) in [4.78, 5) is 32.6. The first-order chi connectivity index (χ1) is 15.7. The molecular formula is C22H25F2N4O3PS. The Morgan fingerprint density at radius 2 is 2.06 bits per heavy atom. The van der Waals surface area contributed by atoms with Gasteiger partial charge in [0.25, 0.3) is 5.91 Å². The molecule has 4 rings (SSSR count). The van der Waals surface area contributed by atoms with Crippen molar-refractivity contribution in [2.75, 3.05) is 15.8 Å². The average molecular weight is 495 g/mol. The van der Waals surface area contributed by atoms with Gasteiger partial charge in [-0.15, -0.1) is 0 Å². The largest absolute Gasteiger partial charge is 0.345 e. The van der Waals surface area contributed by atoms with Crippen LogP contribution in [0, 0.1) is 17.6 Å². The van der Waals surface area contributed by atoms with E-state index in [-0.39, 0.29) is 23.1 Å². The summed E-state index contributed by atoms with van der Waals surface area (Å²) < 4.78 is 44.5. The number of carbonyl (C=O) groups is 2. The number of aromatic nitrogens is 2. The lowest BCUT2D eigenvalue weighted by molar-refractivity contribution is 0.0856. The van der Waals surface area contributed by atoms with E-state index in [1.807, 2.05) is 6.92 Å². The van der Waals surface area contributed by atoms with Gasteiger partial charge in [0.2, 0.25) is 0 Å². The second kappa shape index (κ2) is 9.27. The van der Waals surface area contributed by atoms with Gasteiger partial charge in [0.05, 0.1) is 17.6 Å². The van der Waals surface area contributed by atoms with E-state index in [4.69, 9.17) is 0 Å². The van der Waals surface area contributed by atoms with Gasteiger partial charge in [-0.1, -0.05) is 13.3 Å². The molecule has 0 bridgehead atoms. The highest BCUT2D eigenvalue weighted by Gasteiger charge is 2.28. The molecule has 0 spiro atoms. The molecule has 1 fully saturated rings. The number of amides is 1. The summed E-state index contributed by atoms with van der Waals surface area (Å²) in [6, 6.07) is 3.61. The third kappa shape index (κ3) is 4.82. The summed E-state index contributed by atoms with van der Waals surface area (Å²) in [6.45, 7) is 1.83. The zero-order valence-electron chi connectivity index (χ0n) is 18.0. The number of ketones is 1. The monoisotopic (exact) mass is 494 g/mol. The summed E-state index contributed by atoms with van der Waals surface area (Å²) in [5.74, 6) is -2.92. The molecule has 1 amide bonds. The van der Waals surface area contributed by atoms with Crippen molar-refractivity contribution in [1.82, 2.24) is 9.97 Å². The fourth-order valence-corrected chi connectivity index (χ4v) is 6.35. The first kappa shape index (κ1) is 23.4. The molecule has 0 saturated heterocycles. The Kier molecular flexibility index (Phi) is 6.59. The van der Waals surface area contributed by atoms with E-state index < -0.39 is 32.8 Å². The zero-order chi connectivity index (χ0) is 23.8. The van der Waals surface area contributed by atoms with Gasteiger partial charge in [0, 0.05) is 28.8 Å². The van der Waals surface area contributed by atoms with Gasteiger partial charge < -0.3 is 15.0 Å². The lowest BCUT2D eigenvalue weighted by Crippen LogP contribution is -2.22. The van der Waals surface area contributed by atoms with E-state index in [1.165, 1.54) is 6.20 Å². The van der Waals surface area contributed by atoms with Crippen molar-refractivity contribution in [2.45, 2.75) is 32.6 Å². The van der Waals surface area contributed by atoms with Gasteiger partial charge in [-0.25, -0.2) is 13.8 Å². The summed E-state index contributed by atoms with van der Waals surface area (Å²) in [6.07, 6.45) is 6.25. The standard InChI is InChI=1S/C22H25F2N4O3PS/c1-2-8-33(31,32)28-17-7-6-16(23)18(19(17)24)22(30)27-13-9-14-15(11-26-21(14)25-10-13)20(29)12-4-3-5-12/h6-7,9-12,33H,2-5,8,32H2,1H3,(H,25,26)(H,27,30)(H,28,31). The van der Waals surface area contributed by atoms with Gasteiger partial charge in [0.15, 0.2) is 11.6 Å². The third-order valence-corrected chi connectivity index (χ3v) is 8.61. The second-order valence-electron chi connectivity index (χ2n) is 8.18. The maximum Gasteiger partial charge on any atom is 0.261 e. The average Bonchev–Trinajstić information content (AvgIpc) is 3.12. The Morgan fingerprint density at radius 3 is 2.73 bits per heavy atom. The van der Waals surface area contributed by atoms with Crippen molar-refractivity contribution in [3.63, 3.8) is 0 Å². The summed E-state index contributed by atoms with van der Waals surface area (Å²) in [7, 11) is -0.815. The molecule has 1 aromatic carbocycles. The number of hydrogen-bond donors (Lipinski definition) is 4. The lowest BCUT2D eigenvalue weighted by Gasteiger charge is -2.23. The molecule has 1 aliphatic carbocycles. The number of rotatable bonds is 8. The number of aromatic amines is 1. The maximum absolute atomic E-state index is 15.0. The molecule has 7 nitrogen and oxygen atoms in total. The van der Waals surface area contributed by atoms with Crippen molar-refractivity contribution in [2.24, 2.45) is 5.92 Å². The predicted molar refractivity (Wildman–Crippen MR) is 130 cm³/mol. The van der Waals surface area contributed by atoms with Crippen LogP contribution in [0.1, 0.15) is 53.3 Å². The fourth-order valence-electron chi connectivity index (χ4n) is 3.80. The highest BCUT2D eigenvalue weighted by molar-refractivity contribution is 8.46. The van der Waals surface area contributed by atoms with Crippen molar-refractivity contribution < 1.29 is 22.6 Å². The zero-order valence-corrected chi connectivity index (χ0v) is 20.0. The molecule has 1 aliphatic rings. The molecule has 2 aromatic heterocycles. The summed E-state index contributed by atoms with van der Waals surface area (Å²) >= 11 is 0. The number of pyridine rings is 1. The van der Waals surface area contributed by atoms with Gasteiger partial charge in [0.1, 0.15) is 17.0 Å². The molecule has 0 aliphatic heterocycles. The van der Waals surface area contributed by atoms with Crippen LogP contribution in [0.25, 0.3) is 11.0 Å². The quantitative estimate of drug-likeness (QED) is 0.208. The number of nitrogens with zero attached hydrogens (tertiary/aromatic N) is 1. The van der Waals surface area contributed by atoms with Crippen molar-refractivity contribution in [1.29, 1.82) is 0 Å². The van der Waals surface area contributed by atoms with Crippen LogP contribution >= 0.6 is 8.44 Å². The molecule has 176 valence electrons.